The van der Waals surface area contributed by atoms with Crippen LogP contribution >= 0.6 is 24.0 Å². The number of rotatable bonds is 8. The molecule has 168 valence electrons. The first-order valence-corrected chi connectivity index (χ1v) is 9.89. The first-order chi connectivity index (χ1) is 14.6. The zero-order chi connectivity index (χ0) is 21.5. The lowest BCUT2D eigenvalue weighted by atomic mass is 10.1. The van der Waals surface area contributed by atoms with Gasteiger partial charge in [0.1, 0.15) is 0 Å². The van der Waals surface area contributed by atoms with Crippen molar-refractivity contribution in [3.8, 4) is 17.2 Å². The van der Waals surface area contributed by atoms with Gasteiger partial charge in [-0.25, -0.2) is 0 Å². The number of hydrogen-bond acceptors (Lipinski definition) is 4. The fourth-order valence-corrected chi connectivity index (χ4v) is 3.47. The number of aliphatic imine (C=N–C) groups is 1. The van der Waals surface area contributed by atoms with Crippen molar-refractivity contribution in [2.45, 2.75) is 19.9 Å². The predicted octanol–water partition coefficient (Wildman–Crippen LogP) is 4.03. The van der Waals surface area contributed by atoms with E-state index in [1.807, 2.05) is 12.1 Å². The second-order valence-corrected chi connectivity index (χ2v) is 7.00. The van der Waals surface area contributed by atoms with E-state index in [1.165, 1.54) is 22.0 Å². The van der Waals surface area contributed by atoms with Crippen molar-refractivity contribution >= 4 is 40.8 Å². The standard InChI is InChI=1S/C23H30N4O3.HI/c1-15-6-7-18-17(14-26-19(18)10-15)8-9-25-23(24-2)27-13-16-11-20(28-3)22(30-5)21(12-16)29-4;/h6-7,10-12,14,26H,8-9,13H2,1-5H3,(H2,24,25,27);1H. The number of aryl methyl sites for hydroxylation is 1. The molecule has 0 saturated heterocycles. The Morgan fingerprint density at radius 2 is 1.71 bits per heavy atom. The fourth-order valence-electron chi connectivity index (χ4n) is 3.47. The summed E-state index contributed by atoms with van der Waals surface area (Å²) in [5.41, 5.74) is 4.72. The van der Waals surface area contributed by atoms with Crippen molar-refractivity contribution in [3.05, 3.63) is 53.2 Å². The molecule has 0 saturated carbocycles. The highest BCUT2D eigenvalue weighted by molar-refractivity contribution is 14.0. The third-order valence-electron chi connectivity index (χ3n) is 5.02. The molecule has 0 atom stereocenters. The van der Waals surface area contributed by atoms with Crippen LogP contribution in [0, 0.1) is 6.92 Å². The van der Waals surface area contributed by atoms with E-state index >= 15 is 0 Å². The maximum absolute atomic E-state index is 5.42. The maximum Gasteiger partial charge on any atom is 0.203 e. The third kappa shape index (κ3) is 5.96. The monoisotopic (exact) mass is 538 g/mol. The number of ether oxygens (including phenoxy) is 3. The number of aromatic nitrogens is 1. The number of benzene rings is 2. The van der Waals surface area contributed by atoms with Crippen LogP contribution in [0.2, 0.25) is 0 Å². The Morgan fingerprint density at radius 1 is 1.00 bits per heavy atom. The van der Waals surface area contributed by atoms with Crippen LogP contribution in [-0.2, 0) is 13.0 Å². The van der Waals surface area contributed by atoms with E-state index in [9.17, 15) is 0 Å². The summed E-state index contributed by atoms with van der Waals surface area (Å²) < 4.78 is 16.2. The molecule has 3 aromatic rings. The Balaban J connectivity index is 0.00000341. The van der Waals surface area contributed by atoms with Crippen LogP contribution in [0.1, 0.15) is 16.7 Å². The highest BCUT2D eigenvalue weighted by Crippen LogP contribution is 2.38. The van der Waals surface area contributed by atoms with Crippen LogP contribution in [0.3, 0.4) is 0 Å². The van der Waals surface area contributed by atoms with Crippen molar-refractivity contribution in [3.63, 3.8) is 0 Å². The molecule has 0 aliphatic rings. The molecule has 0 fully saturated rings. The molecule has 0 spiro atoms. The summed E-state index contributed by atoms with van der Waals surface area (Å²) in [5.74, 6) is 2.58. The van der Waals surface area contributed by atoms with Gasteiger partial charge in [0.25, 0.3) is 0 Å². The summed E-state index contributed by atoms with van der Waals surface area (Å²) in [6.45, 7) is 3.45. The van der Waals surface area contributed by atoms with Gasteiger partial charge in [-0.15, -0.1) is 24.0 Å². The Labute approximate surface area is 200 Å². The molecular formula is C23H31IN4O3. The molecule has 0 aliphatic carbocycles. The number of halogens is 1. The number of fused-ring (bicyclic) bond motifs is 1. The second-order valence-electron chi connectivity index (χ2n) is 7.00. The molecule has 8 heteroatoms. The normalized spacial score (nSPS) is 11.1. The molecule has 0 amide bonds. The molecule has 0 radical (unpaired) electrons. The number of methoxy groups -OCH3 is 3. The van der Waals surface area contributed by atoms with Gasteiger partial charge in [0.05, 0.1) is 21.3 Å². The lowest BCUT2D eigenvalue weighted by Gasteiger charge is -2.16. The first kappa shape index (κ1) is 24.6. The van der Waals surface area contributed by atoms with E-state index in [2.05, 4.69) is 51.9 Å². The minimum absolute atomic E-state index is 0. The summed E-state index contributed by atoms with van der Waals surface area (Å²) in [6, 6.07) is 10.3. The molecule has 0 unspecified atom stereocenters. The molecule has 0 bridgehead atoms. The summed E-state index contributed by atoms with van der Waals surface area (Å²) in [4.78, 5) is 7.67. The highest BCUT2D eigenvalue weighted by Gasteiger charge is 2.13. The van der Waals surface area contributed by atoms with Gasteiger partial charge in [-0.3, -0.25) is 4.99 Å². The Hall–Kier alpha value is -2.62. The Kier molecular flexibility index (Phi) is 9.29. The maximum atomic E-state index is 5.42. The third-order valence-corrected chi connectivity index (χ3v) is 5.02. The average Bonchev–Trinajstić information content (AvgIpc) is 3.16. The molecule has 2 aromatic carbocycles. The van der Waals surface area contributed by atoms with Gasteiger partial charge >= 0.3 is 0 Å². The van der Waals surface area contributed by atoms with Crippen LogP contribution in [0.5, 0.6) is 17.2 Å². The predicted molar refractivity (Wildman–Crippen MR) is 136 cm³/mol. The highest BCUT2D eigenvalue weighted by atomic mass is 127. The van der Waals surface area contributed by atoms with E-state index in [1.54, 1.807) is 28.4 Å². The number of nitrogens with zero attached hydrogens (tertiary/aromatic N) is 1. The van der Waals surface area contributed by atoms with Crippen LogP contribution in [0.15, 0.2) is 41.5 Å². The van der Waals surface area contributed by atoms with Crippen LogP contribution in [0.4, 0.5) is 0 Å². The average molecular weight is 538 g/mol. The van der Waals surface area contributed by atoms with Gasteiger partial charge in [-0.1, -0.05) is 12.1 Å². The van der Waals surface area contributed by atoms with Crippen molar-refractivity contribution in [1.82, 2.24) is 15.6 Å². The zero-order valence-electron chi connectivity index (χ0n) is 18.7. The largest absolute Gasteiger partial charge is 0.493 e. The second kappa shape index (κ2) is 11.7. The van der Waals surface area contributed by atoms with Gasteiger partial charge in [0.2, 0.25) is 5.75 Å². The van der Waals surface area contributed by atoms with Gasteiger partial charge in [0.15, 0.2) is 17.5 Å². The molecule has 1 aromatic heterocycles. The molecule has 0 aliphatic heterocycles. The molecule has 3 N–H and O–H groups in total. The van der Waals surface area contributed by atoms with Gasteiger partial charge in [-0.05, 0) is 48.2 Å². The number of nitrogens with one attached hydrogen (secondary N) is 3. The van der Waals surface area contributed by atoms with E-state index < -0.39 is 0 Å². The number of hydrogen-bond donors (Lipinski definition) is 3. The molecule has 1 heterocycles. The summed E-state index contributed by atoms with van der Waals surface area (Å²) in [5, 5.41) is 7.97. The van der Waals surface area contributed by atoms with E-state index in [-0.39, 0.29) is 24.0 Å². The smallest absolute Gasteiger partial charge is 0.203 e. The first-order valence-electron chi connectivity index (χ1n) is 9.89. The summed E-state index contributed by atoms with van der Waals surface area (Å²) in [7, 11) is 6.58. The van der Waals surface area contributed by atoms with Crippen LogP contribution in [0.25, 0.3) is 10.9 Å². The van der Waals surface area contributed by atoms with E-state index in [0.29, 0.717) is 23.8 Å². The molecule has 3 rings (SSSR count). The fraction of sp³-hybridized carbons (Fsp3) is 0.348. The molecule has 7 nitrogen and oxygen atoms in total. The number of aromatic amines is 1. The van der Waals surface area contributed by atoms with Crippen molar-refractivity contribution in [2.75, 3.05) is 34.9 Å². The molecular weight excluding hydrogens is 507 g/mol. The quantitative estimate of drug-likeness (QED) is 0.229. The zero-order valence-corrected chi connectivity index (χ0v) is 21.0. The van der Waals surface area contributed by atoms with Gasteiger partial charge in [-0.2, -0.15) is 0 Å². The van der Waals surface area contributed by atoms with Crippen molar-refractivity contribution in [2.24, 2.45) is 4.99 Å². The lowest BCUT2D eigenvalue weighted by molar-refractivity contribution is 0.323. The Morgan fingerprint density at radius 3 is 2.32 bits per heavy atom. The topological polar surface area (TPSA) is 79.9 Å². The van der Waals surface area contributed by atoms with E-state index in [0.717, 1.165) is 24.5 Å². The van der Waals surface area contributed by atoms with Crippen LogP contribution < -0.4 is 24.8 Å². The van der Waals surface area contributed by atoms with Crippen molar-refractivity contribution < 1.29 is 14.2 Å². The minimum Gasteiger partial charge on any atom is -0.493 e. The molecule has 31 heavy (non-hydrogen) atoms. The summed E-state index contributed by atoms with van der Waals surface area (Å²) >= 11 is 0. The minimum atomic E-state index is 0. The number of H-pyrrole nitrogens is 1. The summed E-state index contributed by atoms with van der Waals surface area (Å²) in [6.07, 6.45) is 2.98. The van der Waals surface area contributed by atoms with Gasteiger partial charge in [0, 0.05) is 37.2 Å². The lowest BCUT2D eigenvalue weighted by Crippen LogP contribution is -2.37. The van der Waals surface area contributed by atoms with E-state index in [4.69, 9.17) is 14.2 Å². The van der Waals surface area contributed by atoms with Gasteiger partial charge < -0.3 is 29.8 Å². The Bertz CT molecular complexity index is 1010. The SMILES string of the molecule is CN=C(NCCc1c[nH]c2cc(C)ccc12)NCc1cc(OC)c(OC)c(OC)c1.I. The van der Waals surface area contributed by atoms with Crippen molar-refractivity contribution in [1.29, 1.82) is 0 Å². The number of guanidine groups is 1. The van der Waals surface area contributed by atoms with Crippen LogP contribution in [-0.4, -0.2) is 45.9 Å².